The van der Waals surface area contributed by atoms with Gasteiger partial charge in [-0.1, -0.05) is 24.6 Å². The third-order valence-electron chi connectivity index (χ3n) is 2.17. The van der Waals surface area contributed by atoms with Crippen LogP contribution in [-0.2, 0) is 0 Å². The molecule has 0 heterocycles. The highest BCUT2D eigenvalue weighted by molar-refractivity contribution is 8.12. The zero-order valence-corrected chi connectivity index (χ0v) is 8.75. The summed E-state index contributed by atoms with van der Waals surface area (Å²) in [6, 6.07) is 0.195. The largest absolute Gasteiger partial charge is 0.343 e. The van der Waals surface area contributed by atoms with Crippen LogP contribution < -0.4 is 5.32 Å². The van der Waals surface area contributed by atoms with Crippen LogP contribution in [0.3, 0.4) is 0 Å². The first-order valence-corrected chi connectivity index (χ1v) is 5.88. The molecule has 2 atom stereocenters. The molecule has 0 radical (unpaired) electrons. The van der Waals surface area contributed by atoms with Gasteiger partial charge in [-0.3, -0.25) is 4.79 Å². The van der Waals surface area contributed by atoms with Crippen LogP contribution in [0.2, 0.25) is 0 Å². The predicted molar refractivity (Wildman–Crippen MR) is 53.9 cm³/mol. The van der Waals surface area contributed by atoms with E-state index >= 15 is 0 Å². The minimum atomic E-state index is 0.0348. The van der Waals surface area contributed by atoms with Crippen molar-refractivity contribution in [3.8, 4) is 0 Å². The van der Waals surface area contributed by atoms with Crippen molar-refractivity contribution in [1.82, 2.24) is 5.32 Å². The van der Waals surface area contributed by atoms with Gasteiger partial charge in [0.15, 0.2) is 0 Å². The Hall–Kier alpha value is 0.110. The molecule has 0 aromatic rings. The van der Waals surface area contributed by atoms with Gasteiger partial charge < -0.3 is 5.32 Å². The fourth-order valence-electron chi connectivity index (χ4n) is 1.46. The zero-order valence-electron chi connectivity index (χ0n) is 7.18. The standard InChI is InChI=1S/C8H14ClNOS/c1-12-8(11)10-7-5-3-2-4-6(7)9/h6-7H,2-5H2,1H3,(H,10,11)/t6-,7+/m1/s1. The van der Waals surface area contributed by atoms with Gasteiger partial charge in [-0.25, -0.2) is 0 Å². The van der Waals surface area contributed by atoms with E-state index in [1.807, 2.05) is 0 Å². The van der Waals surface area contributed by atoms with Gasteiger partial charge in [-0.15, -0.1) is 11.6 Å². The number of hydrogen-bond donors (Lipinski definition) is 1. The van der Waals surface area contributed by atoms with Crippen molar-refractivity contribution in [2.45, 2.75) is 37.1 Å². The molecule has 12 heavy (non-hydrogen) atoms. The first-order chi connectivity index (χ1) is 5.74. The molecule has 0 unspecified atom stereocenters. The first kappa shape index (κ1) is 10.2. The van der Waals surface area contributed by atoms with Gasteiger partial charge >= 0.3 is 0 Å². The number of carbonyl (C=O) groups excluding carboxylic acids is 1. The van der Waals surface area contributed by atoms with Crippen molar-refractivity contribution in [3.05, 3.63) is 0 Å². The molecule has 0 saturated heterocycles. The van der Waals surface area contributed by atoms with E-state index in [9.17, 15) is 4.79 Å². The number of halogens is 1. The van der Waals surface area contributed by atoms with Gasteiger partial charge in [0, 0.05) is 6.04 Å². The molecule has 0 aromatic carbocycles. The lowest BCUT2D eigenvalue weighted by Gasteiger charge is -2.27. The molecule has 1 aliphatic rings. The van der Waals surface area contributed by atoms with Crippen LogP contribution in [0.1, 0.15) is 25.7 Å². The summed E-state index contributed by atoms with van der Waals surface area (Å²) in [5.41, 5.74) is 0. The van der Waals surface area contributed by atoms with Crippen molar-refractivity contribution in [2.24, 2.45) is 0 Å². The highest BCUT2D eigenvalue weighted by Crippen LogP contribution is 2.23. The molecule has 1 rings (SSSR count). The van der Waals surface area contributed by atoms with Crippen LogP contribution in [-0.4, -0.2) is 22.9 Å². The van der Waals surface area contributed by atoms with Crippen LogP contribution in [0.5, 0.6) is 0 Å². The molecule has 1 amide bonds. The lowest BCUT2D eigenvalue weighted by atomic mass is 9.95. The van der Waals surface area contributed by atoms with E-state index in [0.717, 1.165) is 12.8 Å². The molecule has 4 heteroatoms. The Kier molecular flexibility index (Phi) is 4.22. The summed E-state index contributed by atoms with van der Waals surface area (Å²) in [4.78, 5) is 11.0. The highest BCUT2D eigenvalue weighted by atomic mass is 35.5. The lowest BCUT2D eigenvalue weighted by Crippen LogP contribution is -2.41. The molecule has 0 aliphatic heterocycles. The molecular formula is C8H14ClNOS. The molecule has 0 bridgehead atoms. The van der Waals surface area contributed by atoms with Crippen LogP contribution >= 0.6 is 23.4 Å². The minimum absolute atomic E-state index is 0.0348. The third-order valence-corrected chi connectivity index (χ3v) is 3.18. The Labute approximate surface area is 82.4 Å². The van der Waals surface area contributed by atoms with Crippen LogP contribution in [0.25, 0.3) is 0 Å². The molecule has 70 valence electrons. The van der Waals surface area contributed by atoms with Gasteiger partial charge in [-0.05, 0) is 19.1 Å². The molecule has 1 fully saturated rings. The van der Waals surface area contributed by atoms with E-state index in [1.165, 1.54) is 24.6 Å². The van der Waals surface area contributed by atoms with Gasteiger partial charge in [0.05, 0.1) is 5.38 Å². The van der Waals surface area contributed by atoms with E-state index in [4.69, 9.17) is 11.6 Å². The molecule has 0 aromatic heterocycles. The summed E-state index contributed by atoms with van der Waals surface area (Å²) in [5.74, 6) is 0. The lowest BCUT2D eigenvalue weighted by molar-refractivity contribution is 0.253. The Balaban J connectivity index is 2.33. The number of rotatable bonds is 1. The Bertz CT molecular complexity index is 165. The van der Waals surface area contributed by atoms with Crippen molar-refractivity contribution >= 4 is 28.6 Å². The topological polar surface area (TPSA) is 29.1 Å². The van der Waals surface area contributed by atoms with Gasteiger partial charge in [0.2, 0.25) is 0 Å². The second-order valence-electron chi connectivity index (χ2n) is 3.04. The summed E-state index contributed by atoms with van der Waals surface area (Å²) in [7, 11) is 0. The smallest absolute Gasteiger partial charge is 0.279 e. The van der Waals surface area contributed by atoms with Crippen molar-refractivity contribution < 1.29 is 4.79 Å². The molecule has 1 saturated carbocycles. The minimum Gasteiger partial charge on any atom is -0.343 e. The number of amides is 1. The summed E-state index contributed by atoms with van der Waals surface area (Å²) in [6.07, 6.45) is 6.21. The van der Waals surface area contributed by atoms with E-state index in [-0.39, 0.29) is 16.7 Å². The second-order valence-corrected chi connectivity index (χ2v) is 4.38. The maximum Gasteiger partial charge on any atom is 0.279 e. The predicted octanol–water partition coefficient (Wildman–Crippen LogP) is 2.61. The highest BCUT2D eigenvalue weighted by Gasteiger charge is 2.23. The Morgan fingerprint density at radius 3 is 2.75 bits per heavy atom. The van der Waals surface area contributed by atoms with E-state index in [2.05, 4.69) is 5.32 Å². The molecule has 1 aliphatic carbocycles. The monoisotopic (exact) mass is 207 g/mol. The van der Waals surface area contributed by atoms with Crippen LogP contribution in [0.4, 0.5) is 4.79 Å². The number of nitrogens with one attached hydrogen (secondary N) is 1. The summed E-state index contributed by atoms with van der Waals surface area (Å²) in [5, 5.41) is 3.08. The normalized spacial score (nSPS) is 29.8. The molecular weight excluding hydrogens is 194 g/mol. The fourth-order valence-corrected chi connectivity index (χ4v) is 2.07. The summed E-state index contributed by atoms with van der Waals surface area (Å²) in [6.45, 7) is 0. The average molecular weight is 208 g/mol. The van der Waals surface area contributed by atoms with E-state index in [1.54, 1.807) is 6.26 Å². The summed E-state index contributed by atoms with van der Waals surface area (Å²) < 4.78 is 0. The average Bonchev–Trinajstić information content (AvgIpc) is 2.09. The van der Waals surface area contributed by atoms with Crippen LogP contribution in [0, 0.1) is 0 Å². The van der Waals surface area contributed by atoms with Gasteiger partial charge in [-0.2, -0.15) is 0 Å². The number of thioether (sulfide) groups is 1. The SMILES string of the molecule is CSC(=O)N[C@H]1CCCC[C@H]1Cl. The van der Waals surface area contributed by atoms with Gasteiger partial charge in [0.1, 0.15) is 0 Å². The molecule has 0 spiro atoms. The third kappa shape index (κ3) is 2.87. The number of carbonyl (C=O) groups is 1. The maximum absolute atomic E-state index is 11.0. The van der Waals surface area contributed by atoms with E-state index < -0.39 is 0 Å². The first-order valence-electron chi connectivity index (χ1n) is 4.22. The molecule has 2 nitrogen and oxygen atoms in total. The summed E-state index contributed by atoms with van der Waals surface area (Å²) >= 11 is 7.27. The Morgan fingerprint density at radius 2 is 2.17 bits per heavy atom. The Morgan fingerprint density at radius 1 is 1.50 bits per heavy atom. The van der Waals surface area contributed by atoms with E-state index in [0.29, 0.717) is 0 Å². The fraction of sp³-hybridized carbons (Fsp3) is 0.875. The van der Waals surface area contributed by atoms with Crippen molar-refractivity contribution in [2.75, 3.05) is 6.26 Å². The molecule has 1 N–H and O–H groups in total. The second kappa shape index (κ2) is 4.97. The van der Waals surface area contributed by atoms with Gasteiger partial charge in [0.25, 0.3) is 5.24 Å². The van der Waals surface area contributed by atoms with Crippen molar-refractivity contribution in [1.29, 1.82) is 0 Å². The van der Waals surface area contributed by atoms with Crippen LogP contribution in [0.15, 0.2) is 0 Å². The zero-order chi connectivity index (χ0) is 8.97. The number of hydrogen-bond acceptors (Lipinski definition) is 2. The number of alkyl halides is 1. The quantitative estimate of drug-likeness (QED) is 0.670. The maximum atomic E-state index is 11.0. The van der Waals surface area contributed by atoms with Crippen molar-refractivity contribution in [3.63, 3.8) is 0 Å².